The van der Waals surface area contributed by atoms with Crippen molar-refractivity contribution in [2.75, 3.05) is 5.73 Å². The molecule has 0 aliphatic rings. The monoisotopic (exact) mass is 348 g/mol. The molecule has 100 valence electrons. The molecule has 0 saturated carbocycles. The molecule has 7 heteroatoms. The zero-order valence-electron chi connectivity index (χ0n) is 9.41. The van der Waals surface area contributed by atoms with Crippen molar-refractivity contribution in [3.8, 4) is 0 Å². The summed E-state index contributed by atoms with van der Waals surface area (Å²) in [6.45, 7) is 0. The van der Waals surface area contributed by atoms with Gasteiger partial charge in [-0.05, 0) is 46.3 Å². The van der Waals surface area contributed by atoms with Crippen molar-refractivity contribution in [2.24, 2.45) is 0 Å². The van der Waals surface area contributed by atoms with Crippen molar-refractivity contribution < 1.29 is 13.2 Å². The molecule has 1 aromatic heterocycles. The molecular weight excluding hydrogens is 341 g/mol. The highest BCUT2D eigenvalue weighted by molar-refractivity contribution is 9.10. The first-order valence-electron chi connectivity index (χ1n) is 5.12. The topological polar surface area (TPSA) is 38.9 Å². The van der Waals surface area contributed by atoms with Gasteiger partial charge in [0.05, 0.1) is 5.56 Å². The number of rotatable bonds is 2. The highest BCUT2D eigenvalue weighted by Gasteiger charge is 2.33. The fourth-order valence-electron chi connectivity index (χ4n) is 1.39. The number of nitrogens with two attached hydrogens (primary N) is 1. The smallest absolute Gasteiger partial charge is 0.399 e. The van der Waals surface area contributed by atoms with E-state index in [0.29, 0.717) is 5.03 Å². The van der Waals surface area contributed by atoms with Crippen LogP contribution in [0, 0.1) is 0 Å². The molecule has 2 nitrogen and oxygen atoms in total. The Morgan fingerprint density at radius 3 is 2.47 bits per heavy atom. The van der Waals surface area contributed by atoms with Crippen LogP contribution in [-0.2, 0) is 6.18 Å². The van der Waals surface area contributed by atoms with Gasteiger partial charge in [0.15, 0.2) is 0 Å². The second-order valence-corrected chi connectivity index (χ2v) is 5.65. The minimum Gasteiger partial charge on any atom is -0.399 e. The summed E-state index contributed by atoms with van der Waals surface area (Å²) in [4.78, 5) is 4.12. The van der Waals surface area contributed by atoms with Crippen LogP contribution >= 0.6 is 27.7 Å². The summed E-state index contributed by atoms with van der Waals surface area (Å²) in [5.41, 5.74) is 4.74. The zero-order valence-corrected chi connectivity index (χ0v) is 11.8. The maximum absolute atomic E-state index is 12.9. The molecule has 0 unspecified atom stereocenters. The van der Waals surface area contributed by atoms with Crippen molar-refractivity contribution in [2.45, 2.75) is 16.1 Å². The lowest BCUT2D eigenvalue weighted by atomic mass is 10.2. The lowest BCUT2D eigenvalue weighted by Crippen LogP contribution is -2.07. The molecule has 0 atom stereocenters. The first kappa shape index (κ1) is 14.2. The number of nitrogens with zero attached hydrogens (tertiary/aromatic N) is 1. The Hall–Kier alpha value is -1.21. The largest absolute Gasteiger partial charge is 0.417 e. The quantitative estimate of drug-likeness (QED) is 0.806. The minimum absolute atomic E-state index is 0.0801. The molecule has 0 spiro atoms. The van der Waals surface area contributed by atoms with E-state index in [4.69, 9.17) is 5.73 Å². The number of halogens is 4. The van der Waals surface area contributed by atoms with E-state index in [1.807, 2.05) is 0 Å². The van der Waals surface area contributed by atoms with Crippen molar-refractivity contribution in [3.05, 3.63) is 46.6 Å². The molecule has 19 heavy (non-hydrogen) atoms. The number of hydrogen-bond acceptors (Lipinski definition) is 3. The summed E-state index contributed by atoms with van der Waals surface area (Å²) in [7, 11) is 0. The molecule has 0 amide bonds. The predicted octanol–water partition coefficient (Wildman–Crippen LogP) is 4.60. The molecular formula is C12H8BrF3N2S. The molecule has 0 aliphatic carbocycles. The van der Waals surface area contributed by atoms with E-state index in [2.05, 4.69) is 20.9 Å². The lowest BCUT2D eigenvalue weighted by molar-refractivity contribution is -0.139. The summed E-state index contributed by atoms with van der Waals surface area (Å²) in [6, 6.07) is 7.09. The van der Waals surface area contributed by atoms with E-state index in [-0.39, 0.29) is 10.6 Å². The van der Waals surface area contributed by atoms with E-state index in [0.717, 1.165) is 22.3 Å². The summed E-state index contributed by atoms with van der Waals surface area (Å²) < 4.78 is 39.5. The number of nitrogen functional groups attached to an aromatic ring is 1. The Labute approximate surface area is 120 Å². The highest BCUT2D eigenvalue weighted by atomic mass is 79.9. The Morgan fingerprint density at radius 2 is 1.89 bits per heavy atom. The van der Waals surface area contributed by atoms with E-state index in [1.165, 1.54) is 18.3 Å². The molecule has 0 aliphatic heterocycles. The van der Waals surface area contributed by atoms with Crippen molar-refractivity contribution in [3.63, 3.8) is 0 Å². The van der Waals surface area contributed by atoms with Gasteiger partial charge in [0.25, 0.3) is 0 Å². The summed E-state index contributed by atoms with van der Waals surface area (Å²) in [5, 5.41) is 0.485. The van der Waals surface area contributed by atoms with Crippen LogP contribution in [0.5, 0.6) is 0 Å². The molecule has 0 saturated heterocycles. The van der Waals surface area contributed by atoms with Crippen LogP contribution in [0.1, 0.15) is 5.56 Å². The summed E-state index contributed by atoms with van der Waals surface area (Å²) in [5.74, 6) is 0. The van der Waals surface area contributed by atoms with Gasteiger partial charge in [0.2, 0.25) is 0 Å². The van der Waals surface area contributed by atoms with Gasteiger partial charge >= 0.3 is 6.18 Å². The maximum atomic E-state index is 12.9. The predicted molar refractivity (Wildman–Crippen MR) is 71.9 cm³/mol. The number of hydrogen-bond donors (Lipinski definition) is 1. The number of pyridine rings is 1. The summed E-state index contributed by atoms with van der Waals surface area (Å²) in [6.07, 6.45) is -2.90. The number of benzene rings is 1. The zero-order chi connectivity index (χ0) is 14.0. The Kier molecular flexibility index (Phi) is 4.05. The van der Waals surface area contributed by atoms with Crippen LogP contribution in [0.4, 0.5) is 18.9 Å². The van der Waals surface area contributed by atoms with Crippen molar-refractivity contribution >= 4 is 33.4 Å². The normalized spacial score (nSPS) is 11.6. The highest BCUT2D eigenvalue weighted by Crippen LogP contribution is 2.39. The van der Waals surface area contributed by atoms with Crippen LogP contribution in [0.25, 0.3) is 0 Å². The molecule has 0 fully saturated rings. The number of aromatic nitrogens is 1. The first-order valence-corrected chi connectivity index (χ1v) is 6.73. The second kappa shape index (κ2) is 5.42. The van der Waals surface area contributed by atoms with E-state index < -0.39 is 11.7 Å². The van der Waals surface area contributed by atoms with E-state index >= 15 is 0 Å². The first-order chi connectivity index (χ1) is 8.86. The fraction of sp³-hybridized carbons (Fsp3) is 0.0833. The molecule has 1 heterocycles. The van der Waals surface area contributed by atoms with Crippen LogP contribution in [0.2, 0.25) is 0 Å². The third-order valence-electron chi connectivity index (χ3n) is 2.22. The second-order valence-electron chi connectivity index (χ2n) is 3.67. The van der Waals surface area contributed by atoms with Crippen molar-refractivity contribution in [1.82, 2.24) is 4.98 Å². The molecule has 0 radical (unpaired) electrons. The fourth-order valence-corrected chi connectivity index (χ4v) is 2.52. The van der Waals surface area contributed by atoms with Crippen LogP contribution < -0.4 is 5.73 Å². The average Bonchev–Trinajstić information content (AvgIpc) is 2.33. The lowest BCUT2D eigenvalue weighted by Gasteiger charge is -2.12. The van der Waals surface area contributed by atoms with Gasteiger partial charge in [-0.15, -0.1) is 0 Å². The summed E-state index contributed by atoms with van der Waals surface area (Å²) >= 11 is 4.17. The Bertz CT molecular complexity index is 585. The van der Waals surface area contributed by atoms with Crippen molar-refractivity contribution in [1.29, 1.82) is 0 Å². The SMILES string of the molecule is Nc1ccc(Sc2ccc(Br)cn2)c(C(F)(F)F)c1. The van der Waals surface area contributed by atoms with Gasteiger partial charge in [-0.1, -0.05) is 11.8 Å². The van der Waals surface area contributed by atoms with Crippen LogP contribution in [0.3, 0.4) is 0 Å². The van der Waals surface area contributed by atoms with Gasteiger partial charge in [-0.25, -0.2) is 4.98 Å². The van der Waals surface area contributed by atoms with Gasteiger partial charge in [0.1, 0.15) is 5.03 Å². The number of anilines is 1. The third kappa shape index (κ3) is 3.63. The Balaban J connectivity index is 2.37. The molecule has 0 bridgehead atoms. The number of alkyl halides is 3. The van der Waals surface area contributed by atoms with Gasteiger partial charge in [-0.3, -0.25) is 0 Å². The van der Waals surface area contributed by atoms with Gasteiger partial charge in [0, 0.05) is 21.3 Å². The maximum Gasteiger partial charge on any atom is 0.417 e. The molecule has 2 N–H and O–H groups in total. The Morgan fingerprint density at radius 1 is 1.16 bits per heavy atom. The third-order valence-corrected chi connectivity index (χ3v) is 3.72. The molecule has 2 rings (SSSR count). The minimum atomic E-state index is -4.44. The average molecular weight is 349 g/mol. The van der Waals surface area contributed by atoms with Crippen LogP contribution in [-0.4, -0.2) is 4.98 Å². The molecule has 2 aromatic rings. The van der Waals surface area contributed by atoms with Gasteiger partial charge < -0.3 is 5.73 Å². The molecule has 1 aromatic carbocycles. The van der Waals surface area contributed by atoms with Gasteiger partial charge in [-0.2, -0.15) is 13.2 Å². The van der Waals surface area contributed by atoms with Crippen LogP contribution in [0.15, 0.2) is 50.9 Å². The van der Waals surface area contributed by atoms with E-state index in [9.17, 15) is 13.2 Å². The standard InChI is InChI=1S/C12H8BrF3N2S/c13-7-1-4-11(18-6-7)19-10-3-2-8(17)5-9(10)12(14,15)16/h1-6H,17H2. The van der Waals surface area contributed by atoms with E-state index in [1.54, 1.807) is 12.1 Å².